The van der Waals surface area contributed by atoms with Gasteiger partial charge in [-0.1, -0.05) is 12.1 Å². The van der Waals surface area contributed by atoms with Crippen LogP contribution in [0.25, 0.3) is 0 Å². The molecule has 6 nitrogen and oxygen atoms in total. The maximum Gasteiger partial charge on any atom is 0.224 e. The Kier molecular flexibility index (Phi) is 4.95. The summed E-state index contributed by atoms with van der Waals surface area (Å²) in [6.07, 6.45) is 0.316. The van der Waals surface area contributed by atoms with Crippen LogP contribution in [0.2, 0.25) is 0 Å². The Morgan fingerprint density at radius 2 is 1.90 bits per heavy atom. The van der Waals surface area contributed by atoms with Crippen molar-refractivity contribution >= 4 is 17.5 Å². The lowest BCUT2D eigenvalue weighted by molar-refractivity contribution is -0.133. The van der Waals surface area contributed by atoms with Crippen molar-refractivity contribution in [1.29, 1.82) is 0 Å². The Hall–Kier alpha value is -2.08. The van der Waals surface area contributed by atoms with Crippen molar-refractivity contribution in [2.45, 2.75) is 12.8 Å². The SMILES string of the molecule is O=C(CCC(=O)N1CCNCC1)Nc1ccccc1O. The smallest absolute Gasteiger partial charge is 0.224 e. The number of nitrogens with one attached hydrogen (secondary N) is 2. The second kappa shape index (κ2) is 6.91. The summed E-state index contributed by atoms with van der Waals surface area (Å²) < 4.78 is 0. The maximum atomic E-state index is 11.9. The summed E-state index contributed by atoms with van der Waals surface area (Å²) in [7, 11) is 0. The molecule has 108 valence electrons. The van der Waals surface area contributed by atoms with E-state index in [0.717, 1.165) is 13.1 Å². The number of para-hydroxylation sites is 2. The van der Waals surface area contributed by atoms with E-state index in [1.165, 1.54) is 6.07 Å². The highest BCUT2D eigenvalue weighted by Gasteiger charge is 2.17. The zero-order valence-corrected chi connectivity index (χ0v) is 11.3. The van der Waals surface area contributed by atoms with Gasteiger partial charge in [0.2, 0.25) is 11.8 Å². The molecule has 1 aromatic rings. The van der Waals surface area contributed by atoms with E-state index in [1.54, 1.807) is 23.1 Å². The number of nitrogens with zero attached hydrogens (tertiary/aromatic N) is 1. The molecule has 1 fully saturated rings. The summed E-state index contributed by atoms with van der Waals surface area (Å²) in [4.78, 5) is 25.4. The van der Waals surface area contributed by atoms with Crippen LogP contribution in [0, 0.1) is 0 Å². The molecule has 1 heterocycles. The molecule has 0 aromatic heterocycles. The van der Waals surface area contributed by atoms with Crippen molar-refractivity contribution in [3.8, 4) is 5.75 Å². The van der Waals surface area contributed by atoms with Crippen LogP contribution in [0.3, 0.4) is 0 Å². The fourth-order valence-corrected chi connectivity index (χ4v) is 2.08. The molecule has 20 heavy (non-hydrogen) atoms. The molecule has 1 aliphatic heterocycles. The fraction of sp³-hybridized carbons (Fsp3) is 0.429. The summed E-state index contributed by atoms with van der Waals surface area (Å²) in [6, 6.07) is 6.52. The fourth-order valence-electron chi connectivity index (χ4n) is 2.08. The predicted molar refractivity (Wildman–Crippen MR) is 75.4 cm³/mol. The standard InChI is InChI=1S/C14H19N3O3/c18-12-4-2-1-3-11(12)16-13(19)5-6-14(20)17-9-7-15-8-10-17/h1-4,15,18H,5-10H2,(H,16,19). The van der Waals surface area contributed by atoms with Gasteiger partial charge in [0.05, 0.1) is 5.69 Å². The van der Waals surface area contributed by atoms with Gasteiger partial charge in [-0.05, 0) is 12.1 Å². The van der Waals surface area contributed by atoms with E-state index in [1.807, 2.05) is 0 Å². The molecule has 0 atom stereocenters. The summed E-state index contributed by atoms with van der Waals surface area (Å²) in [5.41, 5.74) is 0.368. The van der Waals surface area contributed by atoms with Gasteiger partial charge < -0.3 is 20.6 Å². The number of anilines is 1. The summed E-state index contributed by atoms with van der Waals surface area (Å²) in [5, 5.41) is 15.3. The van der Waals surface area contributed by atoms with Crippen LogP contribution in [-0.2, 0) is 9.59 Å². The Balaban J connectivity index is 1.77. The van der Waals surface area contributed by atoms with Crippen LogP contribution in [0.15, 0.2) is 24.3 Å². The van der Waals surface area contributed by atoms with Crippen molar-refractivity contribution in [3.63, 3.8) is 0 Å². The second-order valence-corrected chi connectivity index (χ2v) is 4.70. The molecule has 0 radical (unpaired) electrons. The van der Waals surface area contributed by atoms with Crippen LogP contribution in [0.1, 0.15) is 12.8 Å². The van der Waals surface area contributed by atoms with Crippen molar-refractivity contribution in [1.82, 2.24) is 10.2 Å². The molecule has 1 saturated heterocycles. The number of rotatable bonds is 4. The number of hydrogen-bond donors (Lipinski definition) is 3. The first kappa shape index (κ1) is 14.3. The Morgan fingerprint density at radius 3 is 2.60 bits per heavy atom. The lowest BCUT2D eigenvalue weighted by Crippen LogP contribution is -2.46. The lowest BCUT2D eigenvalue weighted by atomic mass is 10.2. The van der Waals surface area contributed by atoms with Gasteiger partial charge in [-0.15, -0.1) is 0 Å². The molecular formula is C14H19N3O3. The first-order valence-corrected chi connectivity index (χ1v) is 6.73. The summed E-state index contributed by atoms with van der Waals surface area (Å²) in [5.74, 6) is -0.247. The number of phenolic OH excluding ortho intramolecular Hbond substituents is 1. The van der Waals surface area contributed by atoms with E-state index in [9.17, 15) is 14.7 Å². The summed E-state index contributed by atoms with van der Waals surface area (Å²) in [6.45, 7) is 2.99. The van der Waals surface area contributed by atoms with Gasteiger partial charge in [0.1, 0.15) is 5.75 Å². The molecule has 1 aromatic carbocycles. The molecule has 6 heteroatoms. The number of carbonyl (C=O) groups is 2. The Morgan fingerprint density at radius 1 is 1.20 bits per heavy atom. The minimum absolute atomic E-state index is 0.000987. The lowest BCUT2D eigenvalue weighted by Gasteiger charge is -2.27. The first-order valence-electron chi connectivity index (χ1n) is 6.73. The largest absolute Gasteiger partial charge is 0.506 e. The first-order chi connectivity index (χ1) is 9.66. The molecule has 0 saturated carbocycles. The number of benzene rings is 1. The van der Waals surface area contributed by atoms with Crippen molar-refractivity contribution in [2.24, 2.45) is 0 Å². The van der Waals surface area contributed by atoms with E-state index in [-0.39, 0.29) is 30.4 Å². The third-order valence-electron chi connectivity index (χ3n) is 3.21. The van der Waals surface area contributed by atoms with Gasteiger partial charge in [0, 0.05) is 39.0 Å². The van der Waals surface area contributed by atoms with Crippen LogP contribution in [-0.4, -0.2) is 48.0 Å². The quantitative estimate of drug-likeness (QED) is 0.702. The molecular weight excluding hydrogens is 258 g/mol. The monoisotopic (exact) mass is 277 g/mol. The van der Waals surface area contributed by atoms with E-state index in [4.69, 9.17) is 0 Å². The molecule has 0 aliphatic carbocycles. The topological polar surface area (TPSA) is 81.7 Å². The highest BCUT2D eigenvalue weighted by Crippen LogP contribution is 2.21. The van der Waals surface area contributed by atoms with Crippen molar-refractivity contribution in [3.05, 3.63) is 24.3 Å². The number of amides is 2. The zero-order valence-electron chi connectivity index (χ0n) is 11.3. The van der Waals surface area contributed by atoms with Gasteiger partial charge in [-0.2, -0.15) is 0 Å². The van der Waals surface area contributed by atoms with Gasteiger partial charge >= 0.3 is 0 Å². The zero-order chi connectivity index (χ0) is 14.4. The number of phenols is 1. The molecule has 3 N–H and O–H groups in total. The highest BCUT2D eigenvalue weighted by molar-refractivity contribution is 5.94. The van der Waals surface area contributed by atoms with Crippen molar-refractivity contribution < 1.29 is 14.7 Å². The van der Waals surface area contributed by atoms with Crippen LogP contribution in [0.4, 0.5) is 5.69 Å². The van der Waals surface area contributed by atoms with E-state index in [2.05, 4.69) is 10.6 Å². The molecule has 2 rings (SSSR count). The molecule has 1 aliphatic rings. The number of carbonyl (C=O) groups excluding carboxylic acids is 2. The third-order valence-corrected chi connectivity index (χ3v) is 3.21. The maximum absolute atomic E-state index is 11.9. The average Bonchev–Trinajstić information content (AvgIpc) is 2.48. The van der Waals surface area contributed by atoms with Crippen LogP contribution >= 0.6 is 0 Å². The molecule has 0 bridgehead atoms. The predicted octanol–water partition coefficient (Wildman–Crippen LogP) is 0.543. The van der Waals surface area contributed by atoms with Crippen LogP contribution in [0.5, 0.6) is 5.75 Å². The van der Waals surface area contributed by atoms with E-state index >= 15 is 0 Å². The minimum Gasteiger partial charge on any atom is -0.506 e. The van der Waals surface area contributed by atoms with Gasteiger partial charge in [-0.25, -0.2) is 0 Å². The van der Waals surface area contributed by atoms with Gasteiger partial charge in [0.15, 0.2) is 0 Å². The van der Waals surface area contributed by atoms with Gasteiger partial charge in [0.25, 0.3) is 0 Å². The Bertz CT molecular complexity index is 484. The number of aromatic hydroxyl groups is 1. The van der Waals surface area contributed by atoms with Crippen LogP contribution < -0.4 is 10.6 Å². The third kappa shape index (κ3) is 3.96. The molecule has 0 unspecified atom stereocenters. The summed E-state index contributed by atoms with van der Waals surface area (Å²) >= 11 is 0. The second-order valence-electron chi connectivity index (χ2n) is 4.70. The van der Waals surface area contributed by atoms with Gasteiger partial charge in [-0.3, -0.25) is 9.59 Å². The van der Waals surface area contributed by atoms with Crippen molar-refractivity contribution in [2.75, 3.05) is 31.5 Å². The van der Waals surface area contributed by atoms with E-state index < -0.39 is 0 Å². The molecule has 0 spiro atoms. The number of hydrogen-bond acceptors (Lipinski definition) is 4. The highest BCUT2D eigenvalue weighted by atomic mass is 16.3. The average molecular weight is 277 g/mol. The Labute approximate surface area is 117 Å². The normalized spacial score (nSPS) is 14.9. The number of piperazine rings is 1. The minimum atomic E-state index is -0.269. The van der Waals surface area contributed by atoms with E-state index in [0.29, 0.717) is 18.8 Å². The molecule has 2 amide bonds.